The molecule has 1 aromatic rings. The highest BCUT2D eigenvalue weighted by atomic mass is 16.3. The maximum Gasteiger partial charge on any atom is 0.178 e. The summed E-state index contributed by atoms with van der Waals surface area (Å²) in [5.74, 6) is -0.0787. The Kier molecular flexibility index (Phi) is 1.58. The molecule has 0 spiro atoms. The van der Waals surface area contributed by atoms with Crippen molar-refractivity contribution in [3.8, 4) is 5.75 Å². The van der Waals surface area contributed by atoms with Gasteiger partial charge in [0, 0.05) is 5.56 Å². The molecule has 0 aliphatic carbocycles. The summed E-state index contributed by atoms with van der Waals surface area (Å²) >= 11 is 0. The molecule has 1 radical (unpaired) electrons. The molecule has 0 unspecified atom stereocenters. The SMILES string of the molecule is N=C(N)c1ccc([O])cc1. The number of benzene rings is 1. The quantitative estimate of drug-likeness (QED) is 0.439. The predicted octanol–water partition coefficient (Wildman–Crippen LogP) is 1.11. The molecular formula is C7H7N2O. The van der Waals surface area contributed by atoms with Gasteiger partial charge in [-0.05, 0) is 24.3 Å². The van der Waals surface area contributed by atoms with Crippen LogP contribution >= 0.6 is 0 Å². The fraction of sp³-hybridized carbons (Fsp3) is 0. The van der Waals surface area contributed by atoms with Crippen LogP contribution in [0.4, 0.5) is 0 Å². The van der Waals surface area contributed by atoms with Gasteiger partial charge in [-0.2, -0.15) is 0 Å². The fourth-order valence-electron chi connectivity index (χ4n) is 0.634. The Morgan fingerprint density at radius 3 is 2.20 bits per heavy atom. The summed E-state index contributed by atoms with van der Waals surface area (Å²) < 4.78 is 0. The van der Waals surface area contributed by atoms with Crippen molar-refractivity contribution in [1.29, 1.82) is 5.41 Å². The minimum atomic E-state index is -0.0648. The zero-order valence-corrected chi connectivity index (χ0v) is 5.29. The van der Waals surface area contributed by atoms with Crippen molar-refractivity contribution >= 4 is 5.84 Å². The maximum atomic E-state index is 10.5. The molecular weight excluding hydrogens is 128 g/mol. The Balaban J connectivity index is 3.00. The van der Waals surface area contributed by atoms with Gasteiger partial charge in [0.2, 0.25) is 0 Å². The van der Waals surface area contributed by atoms with Crippen LogP contribution < -0.4 is 5.73 Å². The van der Waals surface area contributed by atoms with E-state index in [0.717, 1.165) is 0 Å². The zero-order chi connectivity index (χ0) is 7.56. The number of nitrogens with one attached hydrogen (secondary N) is 1. The van der Waals surface area contributed by atoms with Crippen LogP contribution in [0.3, 0.4) is 0 Å². The molecule has 0 atom stereocenters. The molecule has 0 amide bonds. The molecule has 0 aliphatic rings. The molecule has 0 aliphatic heterocycles. The average molecular weight is 135 g/mol. The fourth-order valence-corrected chi connectivity index (χ4v) is 0.634. The molecule has 3 nitrogen and oxygen atoms in total. The van der Waals surface area contributed by atoms with Crippen molar-refractivity contribution in [2.75, 3.05) is 0 Å². The van der Waals surface area contributed by atoms with Gasteiger partial charge in [0.25, 0.3) is 0 Å². The second-order valence-corrected chi connectivity index (χ2v) is 1.94. The molecule has 1 aromatic carbocycles. The lowest BCUT2D eigenvalue weighted by Crippen LogP contribution is -2.10. The largest absolute Gasteiger partial charge is 0.384 e. The van der Waals surface area contributed by atoms with Crippen molar-refractivity contribution in [1.82, 2.24) is 0 Å². The Bertz CT molecular complexity index is 240. The highest BCUT2D eigenvalue weighted by molar-refractivity contribution is 5.94. The first kappa shape index (κ1) is 6.61. The molecule has 0 saturated heterocycles. The molecule has 0 heterocycles. The van der Waals surface area contributed by atoms with E-state index < -0.39 is 0 Å². The molecule has 51 valence electrons. The summed E-state index contributed by atoms with van der Waals surface area (Å²) in [5.41, 5.74) is 5.73. The van der Waals surface area contributed by atoms with E-state index in [9.17, 15) is 5.11 Å². The van der Waals surface area contributed by atoms with Gasteiger partial charge < -0.3 is 5.73 Å². The normalized spacial score (nSPS) is 9.20. The molecule has 0 saturated carbocycles. The van der Waals surface area contributed by atoms with E-state index in [-0.39, 0.29) is 11.6 Å². The highest BCUT2D eigenvalue weighted by Gasteiger charge is 1.94. The number of nitrogen functional groups attached to an aromatic ring is 1. The van der Waals surface area contributed by atoms with Crippen molar-refractivity contribution in [2.24, 2.45) is 5.73 Å². The van der Waals surface area contributed by atoms with E-state index in [4.69, 9.17) is 11.1 Å². The van der Waals surface area contributed by atoms with Gasteiger partial charge in [-0.1, -0.05) is 0 Å². The lowest BCUT2D eigenvalue weighted by Gasteiger charge is -1.94. The van der Waals surface area contributed by atoms with Crippen LogP contribution in [0.25, 0.3) is 0 Å². The van der Waals surface area contributed by atoms with Crippen molar-refractivity contribution in [2.45, 2.75) is 0 Å². The number of hydrogen-bond donors (Lipinski definition) is 2. The Morgan fingerprint density at radius 1 is 1.30 bits per heavy atom. The van der Waals surface area contributed by atoms with Crippen LogP contribution in [0, 0.1) is 5.41 Å². The second kappa shape index (κ2) is 2.39. The van der Waals surface area contributed by atoms with Crippen LogP contribution in [0.2, 0.25) is 0 Å². The number of amidine groups is 1. The molecule has 3 heteroatoms. The lowest BCUT2D eigenvalue weighted by molar-refractivity contribution is 0.355. The zero-order valence-electron chi connectivity index (χ0n) is 5.29. The summed E-state index contributed by atoms with van der Waals surface area (Å²) in [6.07, 6.45) is 0. The van der Waals surface area contributed by atoms with Crippen molar-refractivity contribution < 1.29 is 5.11 Å². The summed E-state index contributed by atoms with van der Waals surface area (Å²) in [6.45, 7) is 0. The monoisotopic (exact) mass is 135 g/mol. The molecule has 0 bridgehead atoms. The number of rotatable bonds is 1. The summed E-state index contributed by atoms with van der Waals surface area (Å²) in [6, 6.07) is 5.84. The summed E-state index contributed by atoms with van der Waals surface area (Å²) in [5, 5.41) is 17.5. The molecule has 0 aromatic heterocycles. The van der Waals surface area contributed by atoms with Crippen LogP contribution in [0.5, 0.6) is 5.75 Å². The van der Waals surface area contributed by atoms with E-state index >= 15 is 0 Å². The first-order chi connectivity index (χ1) is 4.70. The number of nitrogens with two attached hydrogens (primary N) is 1. The first-order valence-electron chi connectivity index (χ1n) is 2.81. The van der Waals surface area contributed by atoms with Crippen molar-refractivity contribution in [3.63, 3.8) is 0 Å². The molecule has 10 heavy (non-hydrogen) atoms. The third kappa shape index (κ3) is 1.25. The highest BCUT2D eigenvalue weighted by Crippen LogP contribution is 2.09. The van der Waals surface area contributed by atoms with E-state index in [1.807, 2.05) is 0 Å². The van der Waals surface area contributed by atoms with E-state index in [1.54, 1.807) is 0 Å². The van der Waals surface area contributed by atoms with Crippen LogP contribution in [0.15, 0.2) is 24.3 Å². The standard InChI is InChI=1S/C7H7N2O/c8-7(9)5-1-3-6(10)4-2-5/h1-4H,(H3,8,9). The Morgan fingerprint density at radius 2 is 1.80 bits per heavy atom. The van der Waals surface area contributed by atoms with Crippen LogP contribution in [-0.4, -0.2) is 5.84 Å². The van der Waals surface area contributed by atoms with Crippen LogP contribution in [0.1, 0.15) is 5.56 Å². The number of hydrogen-bond acceptors (Lipinski definition) is 1. The van der Waals surface area contributed by atoms with Gasteiger partial charge in [-0.3, -0.25) is 10.5 Å². The van der Waals surface area contributed by atoms with E-state index in [1.165, 1.54) is 24.3 Å². The van der Waals surface area contributed by atoms with E-state index in [0.29, 0.717) is 5.56 Å². The van der Waals surface area contributed by atoms with Crippen LogP contribution in [-0.2, 0) is 5.11 Å². The smallest absolute Gasteiger partial charge is 0.178 e. The Hall–Kier alpha value is -1.51. The first-order valence-corrected chi connectivity index (χ1v) is 2.81. The van der Waals surface area contributed by atoms with Crippen molar-refractivity contribution in [3.05, 3.63) is 29.8 Å². The molecule has 1 rings (SSSR count). The maximum absolute atomic E-state index is 10.5. The predicted molar refractivity (Wildman–Crippen MR) is 37.6 cm³/mol. The third-order valence-corrected chi connectivity index (χ3v) is 1.17. The third-order valence-electron chi connectivity index (χ3n) is 1.17. The lowest BCUT2D eigenvalue weighted by atomic mass is 10.2. The van der Waals surface area contributed by atoms with Gasteiger partial charge in [0.1, 0.15) is 5.84 Å². The second-order valence-electron chi connectivity index (χ2n) is 1.94. The average Bonchev–Trinajstić information content (AvgIpc) is 1.88. The summed E-state index contributed by atoms with van der Waals surface area (Å²) in [7, 11) is 0. The van der Waals surface area contributed by atoms with Gasteiger partial charge in [0.15, 0.2) is 5.75 Å². The minimum absolute atomic E-state index is 0.0139. The van der Waals surface area contributed by atoms with Gasteiger partial charge in [-0.15, -0.1) is 0 Å². The molecule has 0 fully saturated rings. The minimum Gasteiger partial charge on any atom is -0.384 e. The Labute approximate surface area is 58.6 Å². The van der Waals surface area contributed by atoms with Gasteiger partial charge in [-0.25, -0.2) is 0 Å². The van der Waals surface area contributed by atoms with Gasteiger partial charge >= 0.3 is 0 Å². The summed E-state index contributed by atoms with van der Waals surface area (Å²) in [4.78, 5) is 0. The van der Waals surface area contributed by atoms with E-state index in [2.05, 4.69) is 0 Å². The molecule has 3 N–H and O–H groups in total. The topological polar surface area (TPSA) is 69.8 Å². The van der Waals surface area contributed by atoms with Gasteiger partial charge in [0.05, 0.1) is 0 Å².